The van der Waals surface area contributed by atoms with Crippen LogP contribution in [0.2, 0.25) is 0 Å². The van der Waals surface area contributed by atoms with Gasteiger partial charge in [-0.1, -0.05) is 0 Å². The topological polar surface area (TPSA) is 48.7 Å². The molecule has 0 saturated carbocycles. The minimum Gasteiger partial charge on any atom is -0.312 e. The summed E-state index contributed by atoms with van der Waals surface area (Å²) in [5.74, 6) is 0. The summed E-state index contributed by atoms with van der Waals surface area (Å²) in [7, 11) is 0. The third-order valence-corrected chi connectivity index (χ3v) is 1.94. The van der Waals surface area contributed by atoms with Crippen LogP contribution in [0.4, 0.5) is 0 Å². The Morgan fingerprint density at radius 2 is 2.38 bits per heavy atom. The van der Waals surface area contributed by atoms with Gasteiger partial charge < -0.3 is 5.32 Å². The number of rotatable bonds is 4. The van der Waals surface area contributed by atoms with E-state index in [1.165, 1.54) is 0 Å². The third kappa shape index (κ3) is 4.02. The van der Waals surface area contributed by atoms with Gasteiger partial charge >= 0.3 is 0 Å². The number of nitriles is 1. The molecule has 0 amide bonds. The van der Waals surface area contributed by atoms with E-state index in [-0.39, 0.29) is 0 Å². The molecule has 4 heteroatoms. The molecule has 1 aromatic heterocycles. The molecule has 0 aliphatic carbocycles. The molecule has 0 unspecified atom stereocenters. The van der Waals surface area contributed by atoms with E-state index in [1.807, 2.05) is 12.3 Å². The Morgan fingerprint density at radius 1 is 1.54 bits per heavy atom. The lowest BCUT2D eigenvalue weighted by Gasteiger charge is -2.01. The van der Waals surface area contributed by atoms with E-state index in [0.717, 1.165) is 23.1 Å². The predicted octanol–water partition coefficient (Wildman–Crippen LogP) is 1.85. The Balaban J connectivity index is 2.33. The van der Waals surface area contributed by atoms with Gasteiger partial charge in [0.2, 0.25) is 0 Å². The lowest BCUT2D eigenvalue weighted by atomic mass is 10.3. The highest BCUT2D eigenvalue weighted by molar-refractivity contribution is 9.10. The number of hydrogen-bond acceptors (Lipinski definition) is 3. The molecule has 0 fully saturated rings. The zero-order valence-corrected chi connectivity index (χ0v) is 8.71. The Labute approximate surface area is 85.9 Å². The van der Waals surface area contributed by atoms with Crippen molar-refractivity contribution in [2.45, 2.75) is 13.0 Å². The highest BCUT2D eigenvalue weighted by atomic mass is 79.9. The molecule has 0 spiro atoms. The van der Waals surface area contributed by atoms with Gasteiger partial charge in [-0.25, -0.2) is 0 Å². The van der Waals surface area contributed by atoms with Crippen LogP contribution in [0.15, 0.2) is 22.9 Å². The fourth-order valence-corrected chi connectivity index (χ4v) is 1.34. The summed E-state index contributed by atoms with van der Waals surface area (Å²) in [6, 6.07) is 4.08. The summed E-state index contributed by atoms with van der Waals surface area (Å²) in [4.78, 5) is 4.03. The van der Waals surface area contributed by atoms with Crippen molar-refractivity contribution in [3.63, 3.8) is 0 Å². The largest absolute Gasteiger partial charge is 0.312 e. The summed E-state index contributed by atoms with van der Waals surface area (Å²) in [5, 5.41) is 11.4. The number of pyridine rings is 1. The van der Waals surface area contributed by atoms with Crippen molar-refractivity contribution >= 4 is 15.9 Å². The first-order valence-electron chi connectivity index (χ1n) is 4.00. The van der Waals surface area contributed by atoms with E-state index in [1.54, 1.807) is 6.20 Å². The lowest BCUT2D eigenvalue weighted by molar-refractivity contribution is 0.697. The molecule has 0 atom stereocenters. The van der Waals surface area contributed by atoms with Crippen molar-refractivity contribution in [1.29, 1.82) is 5.26 Å². The van der Waals surface area contributed by atoms with Gasteiger partial charge in [0.25, 0.3) is 0 Å². The summed E-state index contributed by atoms with van der Waals surface area (Å²) >= 11 is 3.34. The first-order valence-corrected chi connectivity index (χ1v) is 4.79. The normalized spacial score (nSPS) is 9.54. The van der Waals surface area contributed by atoms with Gasteiger partial charge in [0.15, 0.2) is 0 Å². The standard InChI is InChI=1S/C9H10BrN3/c10-9-4-8(6-13-7-9)5-12-3-1-2-11/h4,6-7,12H,1,3,5H2. The molecule has 0 aliphatic rings. The Bertz CT molecular complexity index is 306. The Hall–Kier alpha value is -0.920. The SMILES string of the molecule is N#CCCNCc1cncc(Br)c1. The van der Waals surface area contributed by atoms with Crippen LogP contribution in [0.5, 0.6) is 0 Å². The highest BCUT2D eigenvalue weighted by Gasteiger charge is 1.93. The maximum Gasteiger partial charge on any atom is 0.0635 e. The maximum atomic E-state index is 8.30. The molecule has 1 rings (SSSR count). The van der Waals surface area contributed by atoms with Gasteiger partial charge in [-0.05, 0) is 27.6 Å². The van der Waals surface area contributed by atoms with Crippen molar-refractivity contribution in [3.8, 4) is 6.07 Å². The van der Waals surface area contributed by atoms with Gasteiger partial charge in [-0.15, -0.1) is 0 Å². The van der Waals surface area contributed by atoms with Crippen molar-refractivity contribution in [2.75, 3.05) is 6.54 Å². The van der Waals surface area contributed by atoms with Crippen molar-refractivity contribution < 1.29 is 0 Å². The second-order valence-electron chi connectivity index (χ2n) is 2.60. The van der Waals surface area contributed by atoms with E-state index in [2.05, 4.69) is 32.3 Å². The molecule has 0 bridgehead atoms. The van der Waals surface area contributed by atoms with Crippen molar-refractivity contribution in [1.82, 2.24) is 10.3 Å². The predicted molar refractivity (Wildman–Crippen MR) is 53.9 cm³/mol. The fourth-order valence-electron chi connectivity index (χ4n) is 0.930. The van der Waals surface area contributed by atoms with Crippen molar-refractivity contribution in [3.05, 3.63) is 28.5 Å². The zero-order chi connectivity index (χ0) is 9.52. The second-order valence-corrected chi connectivity index (χ2v) is 3.51. The molecule has 0 aliphatic heterocycles. The third-order valence-electron chi connectivity index (χ3n) is 1.50. The molecule has 0 radical (unpaired) electrons. The highest BCUT2D eigenvalue weighted by Crippen LogP contribution is 2.08. The number of nitrogens with one attached hydrogen (secondary N) is 1. The van der Waals surface area contributed by atoms with Gasteiger partial charge in [0.05, 0.1) is 6.07 Å². The van der Waals surface area contributed by atoms with Gasteiger partial charge in [-0.3, -0.25) is 4.98 Å². The van der Waals surface area contributed by atoms with Crippen LogP contribution in [0, 0.1) is 11.3 Å². The van der Waals surface area contributed by atoms with E-state index < -0.39 is 0 Å². The molecule has 1 aromatic rings. The molecule has 1 heterocycles. The second kappa shape index (κ2) is 5.68. The molecular weight excluding hydrogens is 230 g/mol. The van der Waals surface area contributed by atoms with Gasteiger partial charge in [0.1, 0.15) is 0 Å². The number of nitrogens with zero attached hydrogens (tertiary/aromatic N) is 2. The Morgan fingerprint density at radius 3 is 3.08 bits per heavy atom. The van der Waals surface area contributed by atoms with Crippen LogP contribution in [0.25, 0.3) is 0 Å². The van der Waals surface area contributed by atoms with E-state index in [4.69, 9.17) is 5.26 Å². The van der Waals surface area contributed by atoms with E-state index >= 15 is 0 Å². The smallest absolute Gasteiger partial charge is 0.0635 e. The van der Waals surface area contributed by atoms with Crippen LogP contribution in [-0.2, 0) is 6.54 Å². The van der Waals surface area contributed by atoms with Crippen LogP contribution in [0.1, 0.15) is 12.0 Å². The first-order chi connectivity index (χ1) is 6.33. The van der Waals surface area contributed by atoms with Gasteiger partial charge in [-0.2, -0.15) is 5.26 Å². The van der Waals surface area contributed by atoms with Crippen LogP contribution < -0.4 is 5.32 Å². The summed E-state index contributed by atoms with van der Waals surface area (Å²) < 4.78 is 0.979. The van der Waals surface area contributed by atoms with Crippen LogP contribution in [-0.4, -0.2) is 11.5 Å². The summed E-state index contributed by atoms with van der Waals surface area (Å²) in [6.45, 7) is 1.48. The quantitative estimate of drug-likeness (QED) is 0.817. The fraction of sp³-hybridized carbons (Fsp3) is 0.333. The molecule has 3 nitrogen and oxygen atoms in total. The monoisotopic (exact) mass is 239 g/mol. The van der Waals surface area contributed by atoms with Gasteiger partial charge in [0, 0.05) is 36.4 Å². The van der Waals surface area contributed by atoms with Crippen molar-refractivity contribution in [2.24, 2.45) is 0 Å². The number of halogens is 1. The Kier molecular flexibility index (Phi) is 4.44. The van der Waals surface area contributed by atoms with E-state index in [9.17, 15) is 0 Å². The summed E-state index contributed by atoms with van der Waals surface area (Å²) in [5.41, 5.74) is 1.12. The lowest BCUT2D eigenvalue weighted by Crippen LogP contribution is -2.14. The average molecular weight is 240 g/mol. The van der Waals surface area contributed by atoms with E-state index in [0.29, 0.717) is 6.42 Å². The molecular formula is C9H10BrN3. The average Bonchev–Trinajstić information content (AvgIpc) is 2.13. The minimum absolute atomic E-state index is 0.543. The number of hydrogen-bond donors (Lipinski definition) is 1. The maximum absolute atomic E-state index is 8.30. The first kappa shape index (κ1) is 10.2. The minimum atomic E-state index is 0.543. The molecule has 0 aromatic carbocycles. The van der Waals surface area contributed by atoms with Crippen LogP contribution in [0.3, 0.4) is 0 Å². The molecule has 0 saturated heterocycles. The summed E-state index contributed by atoms with van der Waals surface area (Å²) in [6.07, 6.45) is 4.10. The zero-order valence-electron chi connectivity index (χ0n) is 7.13. The van der Waals surface area contributed by atoms with Crippen LogP contribution >= 0.6 is 15.9 Å². The number of aromatic nitrogens is 1. The molecule has 68 valence electrons. The molecule has 1 N–H and O–H groups in total. The molecule has 13 heavy (non-hydrogen) atoms.